The smallest absolute Gasteiger partial charge is 0.246 e. The minimum atomic E-state index is -0.440. The van der Waals surface area contributed by atoms with Gasteiger partial charge in [-0.25, -0.2) is 4.39 Å². The highest BCUT2D eigenvalue weighted by atomic mass is 19.1. The predicted molar refractivity (Wildman–Crippen MR) is 80.4 cm³/mol. The number of piperidine rings is 1. The topological polar surface area (TPSA) is 55.6 Å². The number of nitrogens with two attached hydrogens (primary N) is 1. The Morgan fingerprint density at radius 2 is 2.33 bits per heavy atom. The molecule has 1 aromatic carbocycles. The SMILES string of the molecule is COc1ccc(C=CC(=O)N2CCCCC2CN)cc1F. The molecule has 0 bridgehead atoms. The van der Waals surface area contributed by atoms with Crippen LogP contribution in [-0.4, -0.2) is 37.0 Å². The molecule has 114 valence electrons. The van der Waals surface area contributed by atoms with Crippen LogP contribution in [0.15, 0.2) is 24.3 Å². The minimum absolute atomic E-state index is 0.0682. The Kier molecular flexibility index (Phi) is 5.33. The summed E-state index contributed by atoms with van der Waals surface area (Å²) >= 11 is 0. The number of amides is 1. The number of halogens is 1. The third kappa shape index (κ3) is 3.82. The summed E-state index contributed by atoms with van der Waals surface area (Å²) in [6.07, 6.45) is 6.17. The van der Waals surface area contributed by atoms with Crippen LogP contribution < -0.4 is 10.5 Å². The summed E-state index contributed by atoms with van der Waals surface area (Å²) in [6, 6.07) is 4.72. The number of ether oxygens (including phenoxy) is 1. The van der Waals surface area contributed by atoms with Gasteiger partial charge < -0.3 is 15.4 Å². The van der Waals surface area contributed by atoms with Crippen LogP contribution in [0, 0.1) is 5.82 Å². The number of hydrogen-bond acceptors (Lipinski definition) is 3. The molecule has 1 atom stereocenters. The van der Waals surface area contributed by atoms with Gasteiger partial charge in [0.25, 0.3) is 0 Å². The summed E-state index contributed by atoms with van der Waals surface area (Å²) in [5, 5.41) is 0. The van der Waals surface area contributed by atoms with Crippen molar-refractivity contribution in [2.45, 2.75) is 25.3 Å². The van der Waals surface area contributed by atoms with Gasteiger partial charge in [-0.05, 0) is 43.0 Å². The molecule has 2 rings (SSSR count). The lowest BCUT2D eigenvalue weighted by atomic mass is 10.0. The van der Waals surface area contributed by atoms with Gasteiger partial charge in [0.05, 0.1) is 7.11 Å². The first kappa shape index (κ1) is 15.5. The molecule has 1 fully saturated rings. The van der Waals surface area contributed by atoms with Gasteiger partial charge in [0, 0.05) is 25.2 Å². The molecular formula is C16H21FN2O2. The lowest BCUT2D eigenvalue weighted by molar-refractivity contribution is -0.129. The van der Waals surface area contributed by atoms with Gasteiger partial charge in [0.15, 0.2) is 11.6 Å². The second kappa shape index (κ2) is 7.22. The molecule has 5 heteroatoms. The maximum absolute atomic E-state index is 13.6. The van der Waals surface area contributed by atoms with Crippen LogP contribution in [-0.2, 0) is 4.79 Å². The number of benzene rings is 1. The van der Waals surface area contributed by atoms with E-state index in [1.807, 2.05) is 0 Å². The molecule has 0 aliphatic carbocycles. The average Bonchev–Trinajstić information content (AvgIpc) is 2.52. The van der Waals surface area contributed by atoms with E-state index in [1.54, 1.807) is 23.1 Å². The number of carbonyl (C=O) groups excluding carboxylic acids is 1. The Bertz CT molecular complexity index is 531. The summed E-state index contributed by atoms with van der Waals surface area (Å²) < 4.78 is 18.4. The summed E-state index contributed by atoms with van der Waals surface area (Å²) in [5.41, 5.74) is 6.34. The molecule has 0 saturated carbocycles. The zero-order valence-electron chi connectivity index (χ0n) is 12.2. The third-order valence-electron chi connectivity index (χ3n) is 3.78. The number of nitrogens with zero attached hydrogens (tertiary/aromatic N) is 1. The Morgan fingerprint density at radius 3 is 3.00 bits per heavy atom. The summed E-state index contributed by atoms with van der Waals surface area (Å²) in [7, 11) is 1.42. The standard InChI is InChI=1S/C16H21FN2O2/c1-21-15-7-5-12(10-14(15)17)6-8-16(20)19-9-3-2-4-13(19)11-18/h5-8,10,13H,2-4,9,11,18H2,1H3. The molecule has 2 N–H and O–H groups in total. The van der Waals surface area contributed by atoms with Crippen molar-refractivity contribution in [3.63, 3.8) is 0 Å². The monoisotopic (exact) mass is 292 g/mol. The van der Waals surface area contributed by atoms with Crippen LogP contribution in [0.2, 0.25) is 0 Å². The fourth-order valence-corrected chi connectivity index (χ4v) is 2.59. The van der Waals surface area contributed by atoms with E-state index < -0.39 is 5.82 Å². The molecular weight excluding hydrogens is 271 g/mol. The van der Waals surface area contributed by atoms with Crippen molar-refractivity contribution in [2.75, 3.05) is 20.2 Å². The number of likely N-dealkylation sites (tertiary alicyclic amines) is 1. The normalized spacial score (nSPS) is 19.0. The van der Waals surface area contributed by atoms with Crippen LogP contribution in [0.3, 0.4) is 0 Å². The first-order chi connectivity index (χ1) is 10.2. The lowest BCUT2D eigenvalue weighted by Crippen LogP contribution is -2.46. The molecule has 1 saturated heterocycles. The van der Waals surface area contributed by atoms with Gasteiger partial charge in [-0.2, -0.15) is 0 Å². The first-order valence-corrected chi connectivity index (χ1v) is 7.18. The fourth-order valence-electron chi connectivity index (χ4n) is 2.59. The van der Waals surface area contributed by atoms with Crippen molar-refractivity contribution in [2.24, 2.45) is 5.73 Å². The molecule has 21 heavy (non-hydrogen) atoms. The van der Waals surface area contributed by atoms with E-state index in [0.29, 0.717) is 12.1 Å². The maximum Gasteiger partial charge on any atom is 0.246 e. The Hall–Kier alpha value is -1.88. The van der Waals surface area contributed by atoms with Crippen molar-refractivity contribution < 1.29 is 13.9 Å². The molecule has 1 amide bonds. The quantitative estimate of drug-likeness (QED) is 0.865. The van der Waals surface area contributed by atoms with Gasteiger partial charge >= 0.3 is 0 Å². The molecule has 1 aromatic rings. The van der Waals surface area contributed by atoms with Crippen LogP contribution in [0.4, 0.5) is 4.39 Å². The largest absolute Gasteiger partial charge is 0.494 e. The lowest BCUT2D eigenvalue weighted by Gasteiger charge is -2.34. The number of rotatable bonds is 4. The zero-order chi connectivity index (χ0) is 15.2. The van der Waals surface area contributed by atoms with Crippen LogP contribution in [0.5, 0.6) is 5.75 Å². The molecule has 1 heterocycles. The average molecular weight is 292 g/mol. The highest BCUT2D eigenvalue weighted by Gasteiger charge is 2.23. The minimum Gasteiger partial charge on any atom is -0.494 e. The maximum atomic E-state index is 13.6. The fraction of sp³-hybridized carbons (Fsp3) is 0.438. The summed E-state index contributed by atoms with van der Waals surface area (Å²) in [6.45, 7) is 1.22. The van der Waals surface area contributed by atoms with Gasteiger partial charge in [-0.15, -0.1) is 0 Å². The molecule has 1 unspecified atom stereocenters. The Labute approximate surface area is 124 Å². The van der Waals surface area contributed by atoms with E-state index in [1.165, 1.54) is 19.3 Å². The van der Waals surface area contributed by atoms with Gasteiger partial charge in [-0.3, -0.25) is 4.79 Å². The molecule has 0 radical (unpaired) electrons. The van der Waals surface area contributed by atoms with E-state index in [0.717, 1.165) is 25.8 Å². The Balaban J connectivity index is 2.05. The second-order valence-electron chi connectivity index (χ2n) is 5.14. The van der Waals surface area contributed by atoms with Gasteiger partial charge in [0.2, 0.25) is 5.91 Å². The van der Waals surface area contributed by atoms with Gasteiger partial charge in [0.1, 0.15) is 0 Å². The molecule has 0 aromatic heterocycles. The predicted octanol–water partition coefficient (Wildman–Crippen LogP) is 2.19. The highest BCUT2D eigenvalue weighted by molar-refractivity contribution is 5.92. The van der Waals surface area contributed by atoms with Crippen LogP contribution in [0.1, 0.15) is 24.8 Å². The molecule has 4 nitrogen and oxygen atoms in total. The Morgan fingerprint density at radius 1 is 1.52 bits per heavy atom. The van der Waals surface area contributed by atoms with Crippen LogP contribution >= 0.6 is 0 Å². The summed E-state index contributed by atoms with van der Waals surface area (Å²) in [4.78, 5) is 14.0. The van der Waals surface area contributed by atoms with E-state index in [-0.39, 0.29) is 17.7 Å². The highest BCUT2D eigenvalue weighted by Crippen LogP contribution is 2.19. The van der Waals surface area contributed by atoms with Crippen molar-refractivity contribution >= 4 is 12.0 Å². The number of hydrogen-bond donors (Lipinski definition) is 1. The van der Waals surface area contributed by atoms with E-state index in [4.69, 9.17) is 10.5 Å². The van der Waals surface area contributed by atoms with Gasteiger partial charge in [-0.1, -0.05) is 6.07 Å². The van der Waals surface area contributed by atoms with E-state index in [2.05, 4.69) is 0 Å². The number of methoxy groups -OCH3 is 1. The molecule has 1 aliphatic rings. The van der Waals surface area contributed by atoms with Crippen molar-refractivity contribution in [3.8, 4) is 5.75 Å². The molecule has 1 aliphatic heterocycles. The van der Waals surface area contributed by atoms with Crippen molar-refractivity contribution in [3.05, 3.63) is 35.7 Å². The molecule has 0 spiro atoms. The van der Waals surface area contributed by atoms with Crippen molar-refractivity contribution in [1.29, 1.82) is 0 Å². The van der Waals surface area contributed by atoms with Crippen LogP contribution in [0.25, 0.3) is 6.08 Å². The zero-order valence-corrected chi connectivity index (χ0v) is 12.2. The second-order valence-corrected chi connectivity index (χ2v) is 5.14. The third-order valence-corrected chi connectivity index (χ3v) is 3.78. The summed E-state index contributed by atoms with van der Waals surface area (Å²) in [5.74, 6) is -0.316. The first-order valence-electron chi connectivity index (χ1n) is 7.18. The van der Waals surface area contributed by atoms with Crippen molar-refractivity contribution in [1.82, 2.24) is 4.90 Å². The van der Waals surface area contributed by atoms with E-state index in [9.17, 15) is 9.18 Å². The number of carbonyl (C=O) groups is 1. The van der Waals surface area contributed by atoms with E-state index >= 15 is 0 Å².